The quantitative estimate of drug-likeness (QED) is 0.292. The Morgan fingerprint density at radius 3 is 2.69 bits per heavy atom. The number of rotatable bonds is 9. The van der Waals surface area contributed by atoms with Gasteiger partial charge in [0.2, 0.25) is 0 Å². The van der Waals surface area contributed by atoms with Gasteiger partial charge in [0.1, 0.15) is 12.1 Å². The Bertz CT molecular complexity index is 1090. The lowest BCUT2D eigenvalue weighted by Crippen LogP contribution is -2.40. The number of hydrogen-bond acceptors (Lipinski definition) is 7. The summed E-state index contributed by atoms with van der Waals surface area (Å²) in [5.41, 5.74) is 0.0731. The van der Waals surface area contributed by atoms with Crippen LogP contribution in [-0.2, 0) is 11.3 Å². The van der Waals surface area contributed by atoms with Crippen LogP contribution in [0.25, 0.3) is 5.69 Å². The zero-order valence-electron chi connectivity index (χ0n) is 20.7. The van der Waals surface area contributed by atoms with E-state index in [1.807, 2.05) is 0 Å². The minimum Gasteiger partial charge on any atom is -0.389 e. The average Bonchev–Trinajstić information content (AvgIpc) is 3.36. The molecule has 36 heavy (non-hydrogen) atoms. The summed E-state index contributed by atoms with van der Waals surface area (Å²) in [6.07, 6.45) is 5.26. The van der Waals surface area contributed by atoms with Crippen LogP contribution < -0.4 is 16.3 Å². The number of halogens is 1. The molecular formula is C25H36ClN5O5. The number of aryl methyl sites for hydroxylation is 1. The predicted octanol–water partition coefficient (Wildman–Crippen LogP) is 1.75. The van der Waals surface area contributed by atoms with Gasteiger partial charge in [-0.3, -0.25) is 9.36 Å². The molecule has 11 heteroatoms. The molecule has 1 saturated heterocycles. The van der Waals surface area contributed by atoms with Crippen molar-refractivity contribution in [2.24, 2.45) is 5.92 Å². The third-order valence-corrected chi connectivity index (χ3v) is 7.37. The third kappa shape index (κ3) is 6.54. The monoisotopic (exact) mass is 521 g/mol. The molecule has 2 fully saturated rings. The molecule has 198 valence electrons. The zero-order chi connectivity index (χ0) is 25.7. The van der Waals surface area contributed by atoms with Crippen molar-refractivity contribution >= 4 is 17.5 Å². The summed E-state index contributed by atoms with van der Waals surface area (Å²) >= 11 is 6.30. The Morgan fingerprint density at radius 2 is 2.00 bits per heavy atom. The molecule has 3 unspecified atom stereocenters. The maximum atomic E-state index is 13.1. The Labute approximate surface area is 215 Å². The van der Waals surface area contributed by atoms with Crippen molar-refractivity contribution < 1.29 is 19.7 Å². The Morgan fingerprint density at radius 1 is 1.25 bits per heavy atom. The molecule has 1 saturated carbocycles. The van der Waals surface area contributed by atoms with Gasteiger partial charge in [-0.15, -0.1) is 0 Å². The predicted molar refractivity (Wildman–Crippen MR) is 135 cm³/mol. The third-order valence-electron chi connectivity index (χ3n) is 7.04. The van der Waals surface area contributed by atoms with E-state index < -0.39 is 23.9 Å². The number of nitrogens with one attached hydrogen (secondary N) is 2. The second-order valence-corrected chi connectivity index (χ2v) is 10.2. The topological polar surface area (TPSA) is 131 Å². The summed E-state index contributed by atoms with van der Waals surface area (Å²) in [6, 6.07) is 4.62. The first-order valence-electron chi connectivity index (χ1n) is 12.8. The highest BCUT2D eigenvalue weighted by Crippen LogP contribution is 2.25. The molecule has 1 aromatic heterocycles. The van der Waals surface area contributed by atoms with E-state index in [1.54, 1.807) is 13.0 Å². The van der Waals surface area contributed by atoms with Gasteiger partial charge in [-0.25, -0.2) is 4.79 Å². The summed E-state index contributed by atoms with van der Waals surface area (Å²) in [5, 5.41) is 31.4. The Kier molecular flexibility index (Phi) is 9.19. The number of carbonyl (C=O) groups excluding carboxylic acids is 1. The first-order valence-corrected chi connectivity index (χ1v) is 13.2. The van der Waals surface area contributed by atoms with Gasteiger partial charge >= 0.3 is 5.69 Å². The molecule has 1 aliphatic heterocycles. The van der Waals surface area contributed by atoms with Crippen molar-refractivity contribution in [1.29, 1.82) is 0 Å². The normalized spacial score (nSPS) is 20.7. The second kappa shape index (κ2) is 12.3. The van der Waals surface area contributed by atoms with Crippen molar-refractivity contribution in [1.82, 2.24) is 25.0 Å². The van der Waals surface area contributed by atoms with E-state index in [0.717, 1.165) is 58.0 Å². The number of aliphatic hydroxyl groups is 2. The van der Waals surface area contributed by atoms with Crippen LogP contribution in [-0.4, -0.2) is 68.6 Å². The Balaban J connectivity index is 1.46. The fourth-order valence-corrected chi connectivity index (χ4v) is 5.13. The first kappa shape index (κ1) is 26.8. The molecule has 0 radical (unpaired) electrons. The van der Waals surface area contributed by atoms with Gasteiger partial charge < -0.3 is 25.6 Å². The number of benzene rings is 1. The van der Waals surface area contributed by atoms with E-state index in [0.29, 0.717) is 11.5 Å². The summed E-state index contributed by atoms with van der Waals surface area (Å²) in [6.45, 7) is 3.50. The summed E-state index contributed by atoms with van der Waals surface area (Å²) in [7, 11) is 0. The molecule has 0 spiro atoms. The number of hydrogen-bond donors (Lipinski definition) is 4. The lowest BCUT2D eigenvalue weighted by Gasteiger charge is -2.22. The largest absolute Gasteiger partial charge is 0.389 e. The van der Waals surface area contributed by atoms with Crippen LogP contribution in [0.1, 0.15) is 61.1 Å². The van der Waals surface area contributed by atoms with Crippen LogP contribution >= 0.6 is 11.6 Å². The van der Waals surface area contributed by atoms with Gasteiger partial charge in [-0.1, -0.05) is 37.3 Å². The molecule has 10 nitrogen and oxygen atoms in total. The van der Waals surface area contributed by atoms with Gasteiger partial charge in [-0.2, -0.15) is 9.78 Å². The lowest BCUT2D eigenvalue weighted by molar-refractivity contribution is -0.00742. The van der Waals surface area contributed by atoms with Crippen molar-refractivity contribution in [3.63, 3.8) is 0 Å². The van der Waals surface area contributed by atoms with Crippen LogP contribution in [0.3, 0.4) is 0 Å². The van der Waals surface area contributed by atoms with E-state index in [9.17, 15) is 19.8 Å². The van der Waals surface area contributed by atoms with Crippen molar-refractivity contribution in [3.05, 3.63) is 45.1 Å². The van der Waals surface area contributed by atoms with E-state index in [4.69, 9.17) is 16.3 Å². The lowest BCUT2D eigenvalue weighted by atomic mass is 9.98. The number of amides is 1. The van der Waals surface area contributed by atoms with Crippen LogP contribution in [0.2, 0.25) is 5.02 Å². The van der Waals surface area contributed by atoms with Gasteiger partial charge in [0.05, 0.1) is 41.6 Å². The maximum absolute atomic E-state index is 13.1. The highest BCUT2D eigenvalue weighted by atomic mass is 35.5. The molecule has 4 N–H and O–H groups in total. The van der Waals surface area contributed by atoms with E-state index in [2.05, 4.69) is 15.7 Å². The summed E-state index contributed by atoms with van der Waals surface area (Å²) in [5.74, 6) is -0.0668. The first-order chi connectivity index (χ1) is 17.3. The SMILES string of the molecule is Cc1nn(-c2ccc(Cl)c(C(=O)NC(O)C3CCCCCC3)c2)c(=O)n1CC(O)COC1CCNC1. The molecule has 0 bridgehead atoms. The highest BCUT2D eigenvalue weighted by Gasteiger charge is 2.24. The van der Waals surface area contributed by atoms with Gasteiger partial charge in [0, 0.05) is 12.5 Å². The van der Waals surface area contributed by atoms with E-state index in [-0.39, 0.29) is 35.8 Å². The molecule has 1 aromatic carbocycles. The molecular weight excluding hydrogens is 486 g/mol. The zero-order valence-corrected chi connectivity index (χ0v) is 21.4. The maximum Gasteiger partial charge on any atom is 0.350 e. The number of aliphatic hydroxyl groups excluding tert-OH is 2. The van der Waals surface area contributed by atoms with Crippen LogP contribution in [0.5, 0.6) is 0 Å². The summed E-state index contributed by atoms with van der Waals surface area (Å²) < 4.78 is 8.27. The average molecular weight is 522 g/mol. The Hall–Kier alpha value is -2.24. The number of nitrogens with zero attached hydrogens (tertiary/aromatic N) is 3. The van der Waals surface area contributed by atoms with Crippen molar-refractivity contribution in [2.75, 3.05) is 19.7 Å². The smallest absolute Gasteiger partial charge is 0.350 e. The second-order valence-electron chi connectivity index (χ2n) is 9.79. The minimum atomic E-state index is -0.955. The molecule has 4 rings (SSSR count). The van der Waals surface area contributed by atoms with E-state index >= 15 is 0 Å². The van der Waals surface area contributed by atoms with E-state index in [1.165, 1.54) is 21.4 Å². The molecule has 3 atom stereocenters. The van der Waals surface area contributed by atoms with Gasteiger partial charge in [0.25, 0.3) is 5.91 Å². The van der Waals surface area contributed by atoms with Crippen molar-refractivity contribution in [2.45, 2.75) is 76.9 Å². The fraction of sp³-hybridized carbons (Fsp3) is 0.640. The number of aromatic nitrogens is 3. The fourth-order valence-electron chi connectivity index (χ4n) is 4.93. The standard InChI is InChI=1S/C25H36ClN5O5/c1-16-29-31(25(35)30(16)14-19(32)15-36-20-10-11-27-13-20)18-8-9-22(26)21(12-18)24(34)28-23(33)17-6-4-2-3-5-7-17/h8-9,12,17,19-20,23,27,32-33H,2-7,10-11,13-15H2,1H3,(H,28,34). The number of carbonyl (C=O) groups is 1. The molecule has 2 heterocycles. The summed E-state index contributed by atoms with van der Waals surface area (Å²) in [4.78, 5) is 26.0. The number of ether oxygens (including phenoxy) is 1. The van der Waals surface area contributed by atoms with Gasteiger partial charge in [-0.05, 0) is 50.9 Å². The molecule has 1 aliphatic carbocycles. The van der Waals surface area contributed by atoms with Crippen LogP contribution in [0.4, 0.5) is 0 Å². The van der Waals surface area contributed by atoms with Crippen LogP contribution in [0, 0.1) is 12.8 Å². The minimum absolute atomic E-state index is 0.0136. The van der Waals surface area contributed by atoms with Gasteiger partial charge in [0.15, 0.2) is 0 Å². The highest BCUT2D eigenvalue weighted by molar-refractivity contribution is 6.33. The molecule has 1 amide bonds. The van der Waals surface area contributed by atoms with Crippen LogP contribution in [0.15, 0.2) is 23.0 Å². The molecule has 2 aromatic rings. The van der Waals surface area contributed by atoms with Crippen molar-refractivity contribution in [3.8, 4) is 5.69 Å². The molecule has 2 aliphatic rings.